The van der Waals surface area contributed by atoms with Crippen LogP contribution in [0.25, 0.3) is 0 Å². The third-order valence-corrected chi connectivity index (χ3v) is 4.02. The van der Waals surface area contributed by atoms with Crippen LogP contribution in [-0.4, -0.2) is 23.4 Å². The summed E-state index contributed by atoms with van der Waals surface area (Å²) in [4.78, 5) is -0.271. The maximum atomic E-state index is 11.6. The Balaban J connectivity index is 3.06. The summed E-state index contributed by atoms with van der Waals surface area (Å²) in [6, 6.07) is 5.52. The Morgan fingerprint density at radius 2 is 1.78 bits per heavy atom. The third-order valence-electron chi connectivity index (χ3n) is 1.98. The predicted molar refractivity (Wildman–Crippen MR) is 68.7 cm³/mol. The van der Waals surface area contributed by atoms with E-state index in [0.29, 0.717) is 6.42 Å². The van der Waals surface area contributed by atoms with Crippen molar-refractivity contribution in [3.05, 3.63) is 24.3 Å². The number of hydrogen-bond donors (Lipinski definition) is 3. The number of hydrogen-bond acceptors (Lipinski definition) is 4. The van der Waals surface area contributed by atoms with E-state index in [9.17, 15) is 16.8 Å². The van der Waals surface area contributed by atoms with Gasteiger partial charge in [0.05, 0.1) is 5.69 Å². The maximum absolute atomic E-state index is 11.6. The Kier molecular flexibility index (Phi) is 4.68. The Bertz CT molecular complexity index is 610. The molecule has 0 radical (unpaired) electrons. The van der Waals surface area contributed by atoms with Crippen LogP contribution in [0.2, 0.25) is 0 Å². The van der Waals surface area contributed by atoms with Gasteiger partial charge in [0, 0.05) is 6.54 Å². The van der Waals surface area contributed by atoms with Gasteiger partial charge >= 0.3 is 0 Å². The number of para-hydroxylation sites is 1. The minimum Gasteiger partial charge on any atom is -0.270 e. The lowest BCUT2D eigenvalue weighted by Gasteiger charge is -2.11. The van der Waals surface area contributed by atoms with E-state index in [2.05, 4.69) is 9.44 Å². The lowest BCUT2D eigenvalue weighted by atomic mass is 10.3. The fourth-order valence-corrected chi connectivity index (χ4v) is 2.99. The van der Waals surface area contributed by atoms with Crippen molar-refractivity contribution in [1.29, 1.82) is 0 Å². The number of nitrogens with two attached hydrogens (primary N) is 1. The molecule has 0 aliphatic heterocycles. The zero-order valence-electron chi connectivity index (χ0n) is 9.75. The summed E-state index contributed by atoms with van der Waals surface area (Å²) in [5, 5.41) is 4.99. The van der Waals surface area contributed by atoms with E-state index in [1.165, 1.54) is 24.3 Å². The highest BCUT2D eigenvalue weighted by Gasteiger charge is 2.17. The second kappa shape index (κ2) is 5.65. The number of sulfonamides is 1. The summed E-state index contributed by atoms with van der Waals surface area (Å²) < 4.78 is 50.1. The molecule has 0 aromatic heterocycles. The van der Waals surface area contributed by atoms with Gasteiger partial charge in [0.15, 0.2) is 0 Å². The van der Waals surface area contributed by atoms with Crippen LogP contribution in [0.15, 0.2) is 29.2 Å². The zero-order valence-corrected chi connectivity index (χ0v) is 11.4. The number of benzene rings is 1. The fourth-order valence-electron chi connectivity index (χ4n) is 1.22. The number of anilines is 1. The molecule has 0 aliphatic rings. The molecule has 0 heterocycles. The monoisotopic (exact) mass is 293 g/mol. The van der Waals surface area contributed by atoms with Crippen molar-refractivity contribution in [2.75, 3.05) is 11.3 Å². The van der Waals surface area contributed by atoms with Crippen LogP contribution in [-0.2, 0) is 20.2 Å². The standard InChI is InChI=1S/C9H15N3O4S2/c1-2-7-11-18(15,16)12-8-5-3-4-6-9(8)17(10,13)14/h3-6,11-12H,2,7H2,1H3,(H2,10,13,14). The molecule has 102 valence electrons. The average Bonchev–Trinajstić information content (AvgIpc) is 2.25. The first-order valence-corrected chi connectivity index (χ1v) is 8.18. The lowest BCUT2D eigenvalue weighted by Crippen LogP contribution is -2.31. The van der Waals surface area contributed by atoms with E-state index in [-0.39, 0.29) is 17.1 Å². The average molecular weight is 293 g/mol. The van der Waals surface area contributed by atoms with Gasteiger partial charge in [-0.1, -0.05) is 19.1 Å². The van der Waals surface area contributed by atoms with Crippen molar-refractivity contribution in [2.24, 2.45) is 5.14 Å². The van der Waals surface area contributed by atoms with Gasteiger partial charge in [0.25, 0.3) is 10.2 Å². The van der Waals surface area contributed by atoms with Gasteiger partial charge in [0.1, 0.15) is 4.90 Å². The minimum atomic E-state index is -3.98. The molecule has 0 amide bonds. The van der Waals surface area contributed by atoms with Crippen LogP contribution in [0.1, 0.15) is 13.3 Å². The number of rotatable bonds is 6. The fraction of sp³-hybridized carbons (Fsp3) is 0.333. The van der Waals surface area contributed by atoms with Crippen molar-refractivity contribution < 1.29 is 16.8 Å². The van der Waals surface area contributed by atoms with Gasteiger partial charge in [0.2, 0.25) is 10.0 Å². The van der Waals surface area contributed by atoms with Gasteiger partial charge in [-0.2, -0.15) is 13.1 Å². The van der Waals surface area contributed by atoms with Crippen LogP contribution in [0.5, 0.6) is 0 Å². The Morgan fingerprint density at radius 1 is 1.17 bits per heavy atom. The normalized spacial score (nSPS) is 12.3. The number of nitrogens with one attached hydrogen (secondary N) is 2. The zero-order chi connectivity index (χ0) is 13.8. The molecular weight excluding hydrogens is 278 g/mol. The highest BCUT2D eigenvalue weighted by atomic mass is 32.2. The molecule has 0 saturated heterocycles. The smallest absolute Gasteiger partial charge is 0.270 e. The van der Waals surface area contributed by atoms with Crippen molar-refractivity contribution in [2.45, 2.75) is 18.2 Å². The van der Waals surface area contributed by atoms with Crippen LogP contribution >= 0.6 is 0 Å². The third kappa shape index (κ3) is 4.26. The summed E-state index contributed by atoms with van der Waals surface area (Å²) in [6.07, 6.45) is 0.623. The van der Waals surface area contributed by atoms with Crippen LogP contribution in [0, 0.1) is 0 Å². The van der Waals surface area contributed by atoms with E-state index in [4.69, 9.17) is 5.14 Å². The highest BCUT2D eigenvalue weighted by Crippen LogP contribution is 2.19. The van der Waals surface area contributed by atoms with Gasteiger partial charge in [-0.25, -0.2) is 13.6 Å². The van der Waals surface area contributed by atoms with Crippen molar-refractivity contribution in [3.8, 4) is 0 Å². The summed E-state index contributed by atoms with van der Waals surface area (Å²) in [7, 11) is -7.78. The first kappa shape index (κ1) is 14.9. The molecular formula is C9H15N3O4S2. The summed E-state index contributed by atoms with van der Waals surface area (Å²) in [5.74, 6) is 0. The van der Waals surface area contributed by atoms with Gasteiger partial charge in [-0.15, -0.1) is 0 Å². The summed E-state index contributed by atoms with van der Waals surface area (Å²) in [5.41, 5.74) is -0.0800. The summed E-state index contributed by atoms with van der Waals surface area (Å²) >= 11 is 0. The molecule has 0 unspecified atom stereocenters. The van der Waals surface area contributed by atoms with Crippen molar-refractivity contribution in [3.63, 3.8) is 0 Å². The van der Waals surface area contributed by atoms with Gasteiger partial charge in [-0.3, -0.25) is 4.72 Å². The predicted octanol–water partition coefficient (Wildman–Crippen LogP) is -0.00970. The Morgan fingerprint density at radius 3 is 2.33 bits per heavy atom. The molecule has 0 spiro atoms. The molecule has 18 heavy (non-hydrogen) atoms. The molecule has 0 atom stereocenters. The van der Waals surface area contributed by atoms with Crippen LogP contribution in [0.3, 0.4) is 0 Å². The van der Waals surface area contributed by atoms with E-state index in [1.807, 2.05) is 0 Å². The van der Waals surface area contributed by atoms with Gasteiger partial charge in [-0.05, 0) is 18.6 Å². The lowest BCUT2D eigenvalue weighted by molar-refractivity contribution is 0.586. The SMILES string of the molecule is CCCNS(=O)(=O)Nc1ccccc1S(N)(=O)=O. The van der Waals surface area contributed by atoms with E-state index < -0.39 is 20.2 Å². The topological polar surface area (TPSA) is 118 Å². The van der Waals surface area contributed by atoms with E-state index >= 15 is 0 Å². The molecule has 1 rings (SSSR count). The van der Waals surface area contributed by atoms with Crippen molar-refractivity contribution in [1.82, 2.24) is 4.72 Å². The largest absolute Gasteiger partial charge is 0.299 e. The maximum Gasteiger partial charge on any atom is 0.299 e. The molecule has 7 nitrogen and oxygen atoms in total. The van der Waals surface area contributed by atoms with Crippen LogP contribution in [0.4, 0.5) is 5.69 Å². The molecule has 1 aromatic rings. The first-order chi connectivity index (χ1) is 8.26. The minimum absolute atomic E-state index is 0.0800. The molecule has 0 fully saturated rings. The molecule has 0 bridgehead atoms. The number of primary sulfonamides is 1. The molecule has 0 aliphatic carbocycles. The van der Waals surface area contributed by atoms with Crippen LogP contribution < -0.4 is 14.6 Å². The highest BCUT2D eigenvalue weighted by molar-refractivity contribution is 7.91. The second-order valence-corrected chi connectivity index (χ2v) is 6.57. The van der Waals surface area contributed by atoms with E-state index in [0.717, 1.165) is 0 Å². The van der Waals surface area contributed by atoms with Gasteiger partial charge < -0.3 is 0 Å². The molecule has 9 heteroatoms. The molecule has 0 saturated carbocycles. The summed E-state index contributed by atoms with van der Waals surface area (Å²) in [6.45, 7) is 2.06. The Labute approximate surface area is 107 Å². The molecule has 1 aromatic carbocycles. The second-order valence-electron chi connectivity index (χ2n) is 3.54. The quantitative estimate of drug-likeness (QED) is 0.683. The van der Waals surface area contributed by atoms with Crippen molar-refractivity contribution >= 4 is 25.9 Å². The van der Waals surface area contributed by atoms with E-state index in [1.54, 1.807) is 6.92 Å². The Hall–Kier alpha value is -1.16. The first-order valence-electron chi connectivity index (χ1n) is 5.15. The molecule has 4 N–H and O–H groups in total.